The lowest BCUT2D eigenvalue weighted by Gasteiger charge is -2.23. The third-order valence-corrected chi connectivity index (χ3v) is 4.98. The maximum Gasteiger partial charge on any atom is 0.335 e. The lowest BCUT2D eigenvalue weighted by Crippen LogP contribution is -2.38. The number of anilines is 1. The van der Waals surface area contributed by atoms with E-state index in [1.165, 1.54) is 18.4 Å². The van der Waals surface area contributed by atoms with Gasteiger partial charge >= 0.3 is 5.97 Å². The second-order valence-corrected chi connectivity index (χ2v) is 7.42. The molecule has 0 radical (unpaired) electrons. The maximum atomic E-state index is 11.5. The van der Waals surface area contributed by atoms with Gasteiger partial charge in [0.15, 0.2) is 9.84 Å². The normalized spacial score (nSPS) is 12.2. The Labute approximate surface area is 107 Å². The number of rotatable bonds is 5. The van der Waals surface area contributed by atoms with Gasteiger partial charge in [0.2, 0.25) is 0 Å². The molecule has 0 aliphatic carbocycles. The number of carbonyl (C=O) groups is 1. The number of carboxylic acid groups (broad SMARTS) is 1. The second-order valence-electron chi connectivity index (χ2n) is 4.77. The molecule has 0 bridgehead atoms. The van der Waals surface area contributed by atoms with Crippen LogP contribution in [0, 0.1) is 0 Å². The molecule has 0 aliphatic rings. The molecule has 5 nitrogen and oxygen atoms in total. The van der Waals surface area contributed by atoms with Crippen LogP contribution < -0.4 is 5.32 Å². The van der Waals surface area contributed by atoms with Gasteiger partial charge in [0.1, 0.15) is 0 Å². The summed E-state index contributed by atoms with van der Waals surface area (Å²) in [6.45, 7) is 3.46. The van der Waals surface area contributed by atoms with Gasteiger partial charge in [0.25, 0.3) is 0 Å². The van der Waals surface area contributed by atoms with Crippen molar-refractivity contribution in [3.63, 3.8) is 0 Å². The van der Waals surface area contributed by atoms with Gasteiger partial charge in [-0.05, 0) is 32.0 Å². The Morgan fingerprint density at radius 1 is 1.39 bits per heavy atom. The van der Waals surface area contributed by atoms with Gasteiger partial charge in [-0.15, -0.1) is 0 Å². The lowest BCUT2D eigenvalue weighted by molar-refractivity contribution is 0.0697. The van der Waals surface area contributed by atoms with Crippen LogP contribution in [0.4, 0.5) is 5.69 Å². The Balaban J connectivity index is 2.82. The van der Waals surface area contributed by atoms with Crippen molar-refractivity contribution in [2.24, 2.45) is 0 Å². The number of sulfone groups is 1. The van der Waals surface area contributed by atoms with Crippen molar-refractivity contribution < 1.29 is 18.3 Å². The van der Waals surface area contributed by atoms with E-state index in [4.69, 9.17) is 5.11 Å². The van der Waals surface area contributed by atoms with E-state index in [0.717, 1.165) is 0 Å². The molecule has 0 heterocycles. The smallest absolute Gasteiger partial charge is 0.335 e. The summed E-state index contributed by atoms with van der Waals surface area (Å²) >= 11 is 0. The molecule has 0 atom stereocenters. The molecule has 1 aromatic rings. The van der Waals surface area contributed by atoms with Crippen molar-refractivity contribution in [1.29, 1.82) is 0 Å². The fourth-order valence-electron chi connectivity index (χ4n) is 1.21. The van der Waals surface area contributed by atoms with Gasteiger partial charge in [-0.3, -0.25) is 0 Å². The van der Waals surface area contributed by atoms with Gasteiger partial charge in [0.05, 0.1) is 10.3 Å². The highest BCUT2D eigenvalue weighted by Crippen LogP contribution is 2.17. The monoisotopic (exact) mass is 271 g/mol. The molecular weight excluding hydrogens is 254 g/mol. The summed E-state index contributed by atoms with van der Waals surface area (Å²) in [5.41, 5.74) is 0.754. The highest BCUT2D eigenvalue weighted by atomic mass is 32.2. The first-order valence-corrected chi connectivity index (χ1v) is 7.29. The van der Waals surface area contributed by atoms with E-state index >= 15 is 0 Å². The topological polar surface area (TPSA) is 83.5 Å². The van der Waals surface area contributed by atoms with Gasteiger partial charge in [-0.25, -0.2) is 13.2 Å². The predicted molar refractivity (Wildman–Crippen MR) is 70.8 cm³/mol. The summed E-state index contributed by atoms with van der Waals surface area (Å²) in [6, 6.07) is 6.26. The average molecular weight is 271 g/mol. The Hall–Kier alpha value is -1.56. The largest absolute Gasteiger partial charge is 0.478 e. The Bertz CT molecular complexity index is 549. The van der Waals surface area contributed by atoms with Gasteiger partial charge in [-0.1, -0.05) is 6.07 Å². The Morgan fingerprint density at radius 2 is 2.00 bits per heavy atom. The second kappa shape index (κ2) is 4.97. The highest BCUT2D eigenvalue weighted by molar-refractivity contribution is 7.92. The number of hydrogen-bond donors (Lipinski definition) is 2. The lowest BCUT2D eigenvalue weighted by atomic mass is 10.1. The zero-order valence-electron chi connectivity index (χ0n) is 10.6. The molecule has 100 valence electrons. The third-order valence-electron chi connectivity index (χ3n) is 2.83. The van der Waals surface area contributed by atoms with E-state index in [9.17, 15) is 13.2 Å². The molecule has 0 aromatic heterocycles. The SMILES string of the molecule is CC(C)(CNc1cccc(C(=O)O)c1)S(C)(=O)=O. The molecule has 18 heavy (non-hydrogen) atoms. The molecule has 0 aliphatic heterocycles. The van der Waals surface area contributed by atoms with E-state index in [2.05, 4.69) is 5.32 Å². The maximum absolute atomic E-state index is 11.5. The van der Waals surface area contributed by atoms with E-state index in [-0.39, 0.29) is 12.1 Å². The number of hydrogen-bond acceptors (Lipinski definition) is 4. The standard InChI is InChI=1S/C12H17NO4S/c1-12(2,18(3,16)17)8-13-10-6-4-5-9(7-10)11(14)15/h4-7,13H,8H2,1-3H3,(H,14,15). The fourth-order valence-corrected chi connectivity index (χ4v) is 1.54. The Morgan fingerprint density at radius 3 is 2.50 bits per heavy atom. The minimum atomic E-state index is -3.18. The Kier molecular flexibility index (Phi) is 4.01. The zero-order valence-corrected chi connectivity index (χ0v) is 11.4. The molecule has 0 spiro atoms. The quantitative estimate of drug-likeness (QED) is 0.850. The van der Waals surface area contributed by atoms with Crippen molar-refractivity contribution in [3.8, 4) is 0 Å². The number of aromatic carboxylic acids is 1. The van der Waals surface area contributed by atoms with Crippen LogP contribution in [0.25, 0.3) is 0 Å². The van der Waals surface area contributed by atoms with Crippen LogP contribution in [-0.4, -0.2) is 37.0 Å². The van der Waals surface area contributed by atoms with Crippen LogP contribution in [0.3, 0.4) is 0 Å². The number of benzene rings is 1. The van der Waals surface area contributed by atoms with Crippen LogP contribution in [-0.2, 0) is 9.84 Å². The van der Waals surface area contributed by atoms with Gasteiger partial charge in [0, 0.05) is 18.5 Å². The molecule has 0 amide bonds. The minimum absolute atomic E-state index is 0.164. The number of nitrogens with one attached hydrogen (secondary N) is 1. The van der Waals surface area contributed by atoms with Gasteiger partial charge < -0.3 is 10.4 Å². The molecule has 0 saturated carbocycles. The van der Waals surface area contributed by atoms with Crippen LogP contribution in [0.2, 0.25) is 0 Å². The molecule has 0 unspecified atom stereocenters. The summed E-state index contributed by atoms with van der Waals surface area (Å²) in [6.07, 6.45) is 1.18. The van der Waals surface area contributed by atoms with Crippen molar-refractivity contribution in [2.75, 3.05) is 18.1 Å². The molecule has 0 saturated heterocycles. The van der Waals surface area contributed by atoms with E-state index < -0.39 is 20.6 Å². The molecule has 2 N–H and O–H groups in total. The van der Waals surface area contributed by atoms with Crippen molar-refractivity contribution in [3.05, 3.63) is 29.8 Å². The zero-order chi connectivity index (χ0) is 14.0. The predicted octanol–water partition coefficient (Wildman–Crippen LogP) is 1.62. The average Bonchev–Trinajstić information content (AvgIpc) is 2.25. The van der Waals surface area contributed by atoms with Crippen molar-refractivity contribution in [1.82, 2.24) is 0 Å². The molecule has 1 rings (SSSR count). The van der Waals surface area contributed by atoms with Crippen LogP contribution in [0.5, 0.6) is 0 Å². The fraction of sp³-hybridized carbons (Fsp3) is 0.417. The van der Waals surface area contributed by atoms with Gasteiger partial charge in [-0.2, -0.15) is 0 Å². The minimum Gasteiger partial charge on any atom is -0.478 e. The van der Waals surface area contributed by atoms with E-state index in [1.807, 2.05) is 0 Å². The molecular formula is C12H17NO4S. The van der Waals surface area contributed by atoms with Crippen LogP contribution in [0.1, 0.15) is 24.2 Å². The number of carboxylic acids is 1. The van der Waals surface area contributed by atoms with E-state index in [1.54, 1.807) is 26.0 Å². The first-order chi connectivity index (χ1) is 8.13. The summed E-state index contributed by atoms with van der Waals surface area (Å²) in [7, 11) is -3.18. The summed E-state index contributed by atoms with van der Waals surface area (Å²) in [5, 5.41) is 11.8. The molecule has 6 heteroatoms. The van der Waals surface area contributed by atoms with E-state index in [0.29, 0.717) is 5.69 Å². The van der Waals surface area contributed by atoms with Crippen molar-refractivity contribution >= 4 is 21.5 Å². The van der Waals surface area contributed by atoms with Crippen LogP contribution >= 0.6 is 0 Å². The van der Waals surface area contributed by atoms with Crippen LogP contribution in [0.15, 0.2) is 24.3 Å². The first kappa shape index (κ1) is 14.5. The third kappa shape index (κ3) is 3.46. The first-order valence-electron chi connectivity index (χ1n) is 5.40. The summed E-state index contributed by atoms with van der Waals surface area (Å²) < 4.78 is 22.1. The summed E-state index contributed by atoms with van der Waals surface area (Å²) in [5.74, 6) is -1.01. The molecule has 1 aromatic carbocycles. The highest BCUT2D eigenvalue weighted by Gasteiger charge is 2.29. The summed E-state index contributed by atoms with van der Waals surface area (Å²) in [4.78, 5) is 10.8. The van der Waals surface area contributed by atoms with Crippen molar-refractivity contribution in [2.45, 2.75) is 18.6 Å². The molecule has 0 fully saturated rings.